The Bertz CT molecular complexity index is 247. The molecule has 1 unspecified atom stereocenters. The van der Waals surface area contributed by atoms with Crippen molar-refractivity contribution in [1.82, 2.24) is 5.32 Å². The molecule has 16 heavy (non-hydrogen) atoms. The fraction of sp³-hybridized carbons (Fsp3) is 0.800. The Hall–Kier alpha value is -0.800. The first kappa shape index (κ1) is 15.2. The third-order valence-electron chi connectivity index (χ3n) is 1.87. The fourth-order valence-electron chi connectivity index (χ4n) is 0.870. The first-order valence-corrected chi connectivity index (χ1v) is 4.74. The van der Waals surface area contributed by atoms with Gasteiger partial charge in [-0.1, -0.05) is 0 Å². The molecule has 0 fully saturated rings. The van der Waals surface area contributed by atoms with Gasteiger partial charge < -0.3 is 10.1 Å². The van der Waals surface area contributed by atoms with Gasteiger partial charge in [-0.15, -0.1) is 11.8 Å². The molecule has 1 atom stereocenters. The number of alkyl halides is 4. The van der Waals surface area contributed by atoms with Crippen molar-refractivity contribution in [3.63, 3.8) is 0 Å². The highest BCUT2D eigenvalue weighted by Gasteiger charge is 2.41. The average molecular weight is 241 g/mol. The van der Waals surface area contributed by atoms with E-state index >= 15 is 0 Å². The SMILES string of the molecule is CC#CCC(COCC(F)(F)C(F)F)NC. The largest absolute Gasteiger partial charge is 0.373 e. The smallest absolute Gasteiger partial charge is 0.330 e. The van der Waals surface area contributed by atoms with Gasteiger partial charge in [-0.2, -0.15) is 8.78 Å². The van der Waals surface area contributed by atoms with Crippen LogP contribution in [0.15, 0.2) is 0 Å². The van der Waals surface area contributed by atoms with Gasteiger partial charge in [-0.3, -0.25) is 0 Å². The summed E-state index contributed by atoms with van der Waals surface area (Å²) in [6.07, 6.45) is -3.27. The van der Waals surface area contributed by atoms with Crippen LogP contribution < -0.4 is 5.32 Å². The molecule has 0 aliphatic heterocycles. The highest BCUT2D eigenvalue weighted by Crippen LogP contribution is 2.22. The zero-order valence-corrected chi connectivity index (χ0v) is 9.20. The van der Waals surface area contributed by atoms with Gasteiger partial charge in [0.2, 0.25) is 0 Å². The van der Waals surface area contributed by atoms with Gasteiger partial charge in [0.15, 0.2) is 0 Å². The Labute approximate surface area is 92.3 Å². The maximum absolute atomic E-state index is 12.4. The Morgan fingerprint density at radius 1 is 1.38 bits per heavy atom. The zero-order valence-electron chi connectivity index (χ0n) is 9.20. The molecule has 0 spiro atoms. The van der Waals surface area contributed by atoms with E-state index in [4.69, 9.17) is 0 Å². The standard InChI is InChI=1S/C10H15F4NO/c1-3-4-5-8(15-2)6-16-7-10(13,14)9(11)12/h8-9,15H,5-7H2,1-2H3. The summed E-state index contributed by atoms with van der Waals surface area (Å²) < 4.78 is 52.9. The van der Waals surface area contributed by atoms with Crippen LogP contribution in [-0.4, -0.2) is 38.7 Å². The Balaban J connectivity index is 3.89. The number of rotatable bonds is 7. The van der Waals surface area contributed by atoms with Gasteiger partial charge in [0.05, 0.1) is 6.61 Å². The molecule has 0 saturated carbocycles. The van der Waals surface area contributed by atoms with E-state index in [1.807, 2.05) is 0 Å². The quantitative estimate of drug-likeness (QED) is 0.543. The van der Waals surface area contributed by atoms with Crippen LogP contribution in [0.25, 0.3) is 0 Å². The van der Waals surface area contributed by atoms with Crippen LogP contribution in [0.2, 0.25) is 0 Å². The number of ether oxygens (including phenoxy) is 1. The van der Waals surface area contributed by atoms with Crippen LogP contribution in [0.5, 0.6) is 0 Å². The molecule has 0 radical (unpaired) electrons. The number of likely N-dealkylation sites (N-methyl/N-ethyl adjacent to an activating group) is 1. The van der Waals surface area contributed by atoms with Gasteiger partial charge in [0.1, 0.15) is 6.61 Å². The average Bonchev–Trinajstić information content (AvgIpc) is 2.22. The molecule has 2 nitrogen and oxygen atoms in total. The molecule has 0 saturated heterocycles. The predicted molar refractivity (Wildman–Crippen MR) is 52.7 cm³/mol. The van der Waals surface area contributed by atoms with Crippen molar-refractivity contribution in [3.8, 4) is 11.8 Å². The van der Waals surface area contributed by atoms with Gasteiger partial charge in [0, 0.05) is 12.5 Å². The number of hydrogen-bond acceptors (Lipinski definition) is 2. The molecule has 94 valence electrons. The fourth-order valence-corrected chi connectivity index (χ4v) is 0.870. The van der Waals surface area contributed by atoms with E-state index in [2.05, 4.69) is 21.9 Å². The minimum Gasteiger partial charge on any atom is -0.373 e. The van der Waals surface area contributed by atoms with Crippen molar-refractivity contribution < 1.29 is 22.3 Å². The highest BCUT2D eigenvalue weighted by atomic mass is 19.3. The predicted octanol–water partition coefficient (Wildman–Crippen LogP) is 1.90. The summed E-state index contributed by atoms with van der Waals surface area (Å²) in [6, 6.07) is -0.235. The lowest BCUT2D eigenvalue weighted by molar-refractivity contribution is -0.166. The normalized spacial score (nSPS) is 13.4. The minimum absolute atomic E-state index is 0.0759. The van der Waals surface area contributed by atoms with Crippen LogP contribution >= 0.6 is 0 Å². The molecular formula is C10H15F4NO. The van der Waals surface area contributed by atoms with Crippen molar-refractivity contribution in [2.75, 3.05) is 20.3 Å². The maximum Gasteiger partial charge on any atom is 0.330 e. The summed E-state index contributed by atoms with van der Waals surface area (Å²) in [5.74, 6) is 1.30. The molecule has 0 rings (SSSR count). The molecule has 0 amide bonds. The summed E-state index contributed by atoms with van der Waals surface area (Å²) in [4.78, 5) is 0. The molecule has 6 heteroatoms. The monoisotopic (exact) mass is 241 g/mol. The molecule has 0 heterocycles. The summed E-state index contributed by atoms with van der Waals surface area (Å²) in [7, 11) is 1.62. The third-order valence-corrected chi connectivity index (χ3v) is 1.87. The summed E-state index contributed by atoms with van der Waals surface area (Å²) in [5, 5.41) is 2.79. The van der Waals surface area contributed by atoms with Crippen LogP contribution in [-0.2, 0) is 4.74 Å². The molecule has 0 aromatic rings. The lowest BCUT2D eigenvalue weighted by Gasteiger charge is -2.18. The molecule has 0 aliphatic carbocycles. The van der Waals surface area contributed by atoms with Crippen LogP contribution in [0.3, 0.4) is 0 Å². The van der Waals surface area contributed by atoms with Crippen LogP contribution in [0.1, 0.15) is 13.3 Å². The van der Waals surface area contributed by atoms with Crippen molar-refractivity contribution in [3.05, 3.63) is 0 Å². The van der Waals surface area contributed by atoms with Gasteiger partial charge >= 0.3 is 12.3 Å². The highest BCUT2D eigenvalue weighted by molar-refractivity contribution is 4.97. The second-order valence-electron chi connectivity index (χ2n) is 3.19. The minimum atomic E-state index is -4.09. The van der Waals surface area contributed by atoms with E-state index in [-0.39, 0.29) is 12.6 Å². The Morgan fingerprint density at radius 3 is 2.44 bits per heavy atom. The van der Waals surface area contributed by atoms with Crippen LogP contribution in [0.4, 0.5) is 17.6 Å². The summed E-state index contributed by atoms with van der Waals surface area (Å²) in [5.41, 5.74) is 0. The topological polar surface area (TPSA) is 21.3 Å². The molecule has 1 N–H and O–H groups in total. The van der Waals surface area contributed by atoms with E-state index < -0.39 is 19.0 Å². The zero-order chi connectivity index (χ0) is 12.6. The summed E-state index contributed by atoms with van der Waals surface area (Å²) in [6.45, 7) is 0.300. The van der Waals surface area contributed by atoms with E-state index in [1.165, 1.54) is 0 Å². The third kappa shape index (κ3) is 5.93. The second kappa shape index (κ2) is 7.47. The molecule has 0 aromatic carbocycles. The van der Waals surface area contributed by atoms with Crippen molar-refractivity contribution in [2.24, 2.45) is 0 Å². The summed E-state index contributed by atoms with van der Waals surface area (Å²) >= 11 is 0. The number of halogens is 4. The van der Waals surface area contributed by atoms with Gasteiger partial charge in [0.25, 0.3) is 0 Å². The lowest BCUT2D eigenvalue weighted by atomic mass is 10.2. The number of hydrogen-bond donors (Lipinski definition) is 1. The number of nitrogens with one attached hydrogen (secondary N) is 1. The van der Waals surface area contributed by atoms with E-state index in [0.717, 1.165) is 0 Å². The first-order valence-electron chi connectivity index (χ1n) is 4.74. The Morgan fingerprint density at radius 2 is 2.00 bits per heavy atom. The van der Waals surface area contributed by atoms with Crippen molar-refractivity contribution in [1.29, 1.82) is 0 Å². The maximum atomic E-state index is 12.4. The Kier molecular flexibility index (Phi) is 7.10. The van der Waals surface area contributed by atoms with Gasteiger partial charge in [-0.05, 0) is 14.0 Å². The molecule has 0 aliphatic rings. The van der Waals surface area contributed by atoms with E-state index in [0.29, 0.717) is 6.42 Å². The van der Waals surface area contributed by atoms with E-state index in [1.54, 1.807) is 14.0 Å². The van der Waals surface area contributed by atoms with Gasteiger partial charge in [-0.25, -0.2) is 8.78 Å². The van der Waals surface area contributed by atoms with Crippen molar-refractivity contribution >= 4 is 0 Å². The molecule has 0 aromatic heterocycles. The first-order chi connectivity index (χ1) is 7.44. The second-order valence-corrected chi connectivity index (χ2v) is 3.19. The van der Waals surface area contributed by atoms with E-state index in [9.17, 15) is 17.6 Å². The van der Waals surface area contributed by atoms with Crippen LogP contribution in [0, 0.1) is 11.8 Å². The molecular weight excluding hydrogens is 226 g/mol. The molecule has 0 bridgehead atoms. The lowest BCUT2D eigenvalue weighted by Crippen LogP contribution is -2.36. The van der Waals surface area contributed by atoms with Crippen molar-refractivity contribution in [2.45, 2.75) is 31.7 Å².